The number of nitrogen functional groups attached to an aromatic ring is 1. The Balaban J connectivity index is 1.88. The van der Waals surface area contributed by atoms with Crippen LogP contribution in [0.1, 0.15) is 6.23 Å². The number of hydrogen-bond acceptors (Lipinski definition) is 9. The van der Waals surface area contributed by atoms with E-state index in [1.165, 1.54) is 10.9 Å². The molecule has 0 radical (unpaired) electrons. The number of nitrogens with zero attached hydrogens (tertiary/aromatic N) is 3. The van der Waals surface area contributed by atoms with Crippen LogP contribution in [0.2, 0.25) is 0 Å². The Hall–Kier alpha value is -2.05. The first-order valence-electron chi connectivity index (χ1n) is 7.04. The quantitative estimate of drug-likeness (QED) is 0.366. The zero-order valence-corrected chi connectivity index (χ0v) is 12.1. The summed E-state index contributed by atoms with van der Waals surface area (Å²) >= 11 is 0. The zero-order chi connectivity index (χ0) is 16.6. The number of aromatic amines is 1. The van der Waals surface area contributed by atoms with Crippen molar-refractivity contribution in [2.45, 2.75) is 24.5 Å². The summed E-state index contributed by atoms with van der Waals surface area (Å²) < 4.78 is 12.2. The van der Waals surface area contributed by atoms with Gasteiger partial charge in [0.05, 0.1) is 19.5 Å². The summed E-state index contributed by atoms with van der Waals surface area (Å²) in [5.41, 5.74) is 10.6. The summed E-state index contributed by atoms with van der Waals surface area (Å²) in [5.74, 6) is -0.0832. The fourth-order valence-electron chi connectivity index (χ4n) is 2.51. The van der Waals surface area contributed by atoms with Gasteiger partial charge in [-0.2, -0.15) is 4.98 Å². The van der Waals surface area contributed by atoms with E-state index in [0.29, 0.717) is 13.2 Å². The van der Waals surface area contributed by atoms with Crippen molar-refractivity contribution in [3.8, 4) is 0 Å². The molecule has 1 aliphatic heterocycles. The summed E-state index contributed by atoms with van der Waals surface area (Å²) in [5, 5.41) is 20.3. The molecule has 2 aromatic rings. The van der Waals surface area contributed by atoms with E-state index in [1.807, 2.05) is 0 Å². The standard InChI is InChI=1S/C12H18N6O5/c13-1-2-22-3-5-7(19)8(20)11(23-5)18-4-15-6-9(18)16-12(14)17-10(6)21/h4-5,7-8,11,19-20H,1-3,13H2,(H3,14,16,17,21)/t5-,7-,8-,11-/m1/s1. The van der Waals surface area contributed by atoms with E-state index in [0.717, 1.165) is 0 Å². The van der Waals surface area contributed by atoms with Crippen LogP contribution in [0.15, 0.2) is 11.1 Å². The average molecular weight is 326 g/mol. The lowest BCUT2D eigenvalue weighted by atomic mass is 10.1. The molecule has 1 saturated heterocycles. The van der Waals surface area contributed by atoms with Gasteiger partial charge in [-0.1, -0.05) is 0 Å². The number of anilines is 1. The molecular formula is C12H18N6O5. The van der Waals surface area contributed by atoms with Gasteiger partial charge in [-0.3, -0.25) is 14.3 Å². The predicted octanol–water partition coefficient (Wildman–Crippen LogP) is -2.70. The molecule has 7 N–H and O–H groups in total. The number of fused-ring (bicyclic) bond motifs is 1. The molecule has 3 heterocycles. The Kier molecular flexibility index (Phi) is 4.28. The van der Waals surface area contributed by atoms with Crippen LogP contribution in [0.4, 0.5) is 5.95 Å². The number of nitrogens with one attached hydrogen (secondary N) is 1. The topological polar surface area (TPSA) is 175 Å². The van der Waals surface area contributed by atoms with E-state index in [9.17, 15) is 15.0 Å². The molecule has 1 fully saturated rings. The Morgan fingerprint density at radius 2 is 2.22 bits per heavy atom. The van der Waals surface area contributed by atoms with E-state index < -0.39 is 30.1 Å². The van der Waals surface area contributed by atoms with E-state index in [-0.39, 0.29) is 23.7 Å². The molecule has 11 heteroatoms. The van der Waals surface area contributed by atoms with Crippen LogP contribution in [0.25, 0.3) is 11.2 Å². The zero-order valence-electron chi connectivity index (χ0n) is 12.1. The molecule has 0 spiro atoms. The summed E-state index contributed by atoms with van der Waals surface area (Å²) in [6.45, 7) is 0.733. The number of H-pyrrole nitrogens is 1. The largest absolute Gasteiger partial charge is 0.387 e. The van der Waals surface area contributed by atoms with Gasteiger partial charge >= 0.3 is 0 Å². The van der Waals surface area contributed by atoms with Crippen LogP contribution in [-0.2, 0) is 9.47 Å². The van der Waals surface area contributed by atoms with Crippen molar-refractivity contribution in [3.63, 3.8) is 0 Å². The molecule has 2 aromatic heterocycles. The summed E-state index contributed by atoms with van der Waals surface area (Å²) in [6.07, 6.45) is -2.79. The Bertz CT molecular complexity index is 745. The van der Waals surface area contributed by atoms with Gasteiger partial charge < -0.3 is 31.2 Å². The minimum Gasteiger partial charge on any atom is -0.387 e. The van der Waals surface area contributed by atoms with Crippen molar-refractivity contribution < 1.29 is 19.7 Å². The lowest BCUT2D eigenvalue weighted by molar-refractivity contribution is -0.0644. The second-order valence-corrected chi connectivity index (χ2v) is 5.19. The molecule has 0 bridgehead atoms. The SMILES string of the molecule is NCCOC[C@H]1O[C@@H](n2cnc3c(=O)[nH]c(N)nc32)[C@H](O)[C@@H]1O. The van der Waals surface area contributed by atoms with Gasteiger partial charge in [0, 0.05) is 6.54 Å². The maximum Gasteiger partial charge on any atom is 0.280 e. The number of imidazole rings is 1. The first kappa shape index (κ1) is 15.8. The second-order valence-electron chi connectivity index (χ2n) is 5.19. The van der Waals surface area contributed by atoms with Crippen molar-refractivity contribution in [1.29, 1.82) is 0 Å². The van der Waals surface area contributed by atoms with Gasteiger partial charge in [-0.05, 0) is 0 Å². The molecule has 11 nitrogen and oxygen atoms in total. The highest BCUT2D eigenvalue weighted by Gasteiger charge is 2.44. The maximum absolute atomic E-state index is 11.8. The average Bonchev–Trinajstić information content (AvgIpc) is 3.04. The Morgan fingerprint density at radius 3 is 2.96 bits per heavy atom. The highest BCUT2D eigenvalue weighted by atomic mass is 16.6. The molecule has 3 rings (SSSR count). The molecule has 0 aliphatic carbocycles. The number of aliphatic hydroxyl groups excluding tert-OH is 2. The molecular weight excluding hydrogens is 308 g/mol. The van der Waals surface area contributed by atoms with Crippen LogP contribution in [0, 0.1) is 0 Å². The summed E-state index contributed by atoms with van der Waals surface area (Å²) in [4.78, 5) is 22.1. The van der Waals surface area contributed by atoms with Crippen LogP contribution in [-0.4, -0.2) is 67.8 Å². The molecule has 0 saturated carbocycles. The minimum absolute atomic E-state index is 0.0623. The number of rotatable bonds is 5. The summed E-state index contributed by atoms with van der Waals surface area (Å²) in [6, 6.07) is 0. The first-order valence-corrected chi connectivity index (χ1v) is 7.04. The summed E-state index contributed by atoms with van der Waals surface area (Å²) in [7, 11) is 0. The number of aliphatic hydroxyl groups is 2. The molecule has 0 amide bonds. The predicted molar refractivity (Wildman–Crippen MR) is 78.4 cm³/mol. The van der Waals surface area contributed by atoms with E-state index >= 15 is 0 Å². The number of aromatic nitrogens is 4. The van der Waals surface area contributed by atoms with E-state index in [1.54, 1.807) is 0 Å². The lowest BCUT2D eigenvalue weighted by Gasteiger charge is -2.16. The van der Waals surface area contributed by atoms with E-state index in [4.69, 9.17) is 20.9 Å². The lowest BCUT2D eigenvalue weighted by Crippen LogP contribution is -2.34. The number of ether oxygens (including phenoxy) is 2. The molecule has 23 heavy (non-hydrogen) atoms. The highest BCUT2D eigenvalue weighted by molar-refractivity contribution is 5.70. The van der Waals surface area contributed by atoms with Crippen molar-refractivity contribution in [2.75, 3.05) is 25.5 Å². The monoisotopic (exact) mass is 326 g/mol. The molecule has 0 aromatic carbocycles. The van der Waals surface area contributed by atoms with E-state index in [2.05, 4.69) is 15.0 Å². The fourth-order valence-corrected chi connectivity index (χ4v) is 2.51. The minimum atomic E-state index is -1.24. The smallest absolute Gasteiger partial charge is 0.280 e. The first-order chi connectivity index (χ1) is 11.0. The molecule has 1 aliphatic rings. The van der Waals surface area contributed by atoms with Gasteiger partial charge in [-0.25, -0.2) is 4.98 Å². The van der Waals surface area contributed by atoms with Crippen LogP contribution >= 0.6 is 0 Å². The normalized spacial score (nSPS) is 27.8. The maximum atomic E-state index is 11.8. The van der Waals surface area contributed by atoms with Crippen LogP contribution in [0.5, 0.6) is 0 Å². The second kappa shape index (κ2) is 6.22. The Morgan fingerprint density at radius 1 is 1.43 bits per heavy atom. The van der Waals surface area contributed by atoms with Crippen LogP contribution in [0.3, 0.4) is 0 Å². The fraction of sp³-hybridized carbons (Fsp3) is 0.583. The van der Waals surface area contributed by atoms with Gasteiger partial charge in [0.25, 0.3) is 5.56 Å². The molecule has 0 unspecified atom stereocenters. The third-order valence-electron chi connectivity index (χ3n) is 3.61. The van der Waals surface area contributed by atoms with Gasteiger partial charge in [-0.15, -0.1) is 0 Å². The van der Waals surface area contributed by atoms with Gasteiger partial charge in [0.2, 0.25) is 5.95 Å². The number of nitrogens with two attached hydrogens (primary N) is 2. The third-order valence-corrected chi connectivity index (χ3v) is 3.61. The van der Waals surface area contributed by atoms with Crippen molar-refractivity contribution in [3.05, 3.63) is 16.7 Å². The Labute approximate surface area is 129 Å². The highest BCUT2D eigenvalue weighted by Crippen LogP contribution is 2.31. The van der Waals surface area contributed by atoms with Crippen molar-refractivity contribution >= 4 is 17.1 Å². The third kappa shape index (κ3) is 2.80. The molecule has 4 atom stereocenters. The van der Waals surface area contributed by atoms with Crippen LogP contribution < -0.4 is 17.0 Å². The number of hydrogen-bond donors (Lipinski definition) is 5. The van der Waals surface area contributed by atoms with Crippen molar-refractivity contribution in [1.82, 2.24) is 19.5 Å². The van der Waals surface area contributed by atoms with Gasteiger partial charge in [0.1, 0.15) is 18.3 Å². The van der Waals surface area contributed by atoms with Crippen molar-refractivity contribution in [2.24, 2.45) is 5.73 Å². The van der Waals surface area contributed by atoms with Gasteiger partial charge in [0.15, 0.2) is 17.4 Å². The molecule has 126 valence electrons.